The lowest BCUT2D eigenvalue weighted by molar-refractivity contribution is -0.128. The van der Waals surface area contributed by atoms with Crippen LogP contribution in [-0.4, -0.2) is 47.3 Å². The maximum Gasteiger partial charge on any atom is 0.257 e. The van der Waals surface area contributed by atoms with Crippen LogP contribution in [0.15, 0.2) is 16.7 Å². The van der Waals surface area contributed by atoms with Crippen molar-refractivity contribution >= 4 is 11.8 Å². The van der Waals surface area contributed by atoms with Crippen LogP contribution in [0.3, 0.4) is 0 Å². The Morgan fingerprint density at radius 3 is 2.78 bits per heavy atom. The van der Waals surface area contributed by atoms with Crippen molar-refractivity contribution < 1.29 is 14.0 Å². The van der Waals surface area contributed by atoms with E-state index in [-0.39, 0.29) is 17.9 Å². The highest BCUT2D eigenvalue weighted by atomic mass is 16.3. The summed E-state index contributed by atoms with van der Waals surface area (Å²) in [5.41, 5.74) is 0.743. The fraction of sp³-hybridized carbons (Fsp3) is 0.667. The van der Waals surface area contributed by atoms with Gasteiger partial charge in [-0.2, -0.15) is 0 Å². The third-order valence-corrected chi connectivity index (χ3v) is 5.36. The molecule has 1 aromatic heterocycles. The van der Waals surface area contributed by atoms with Crippen LogP contribution in [0.25, 0.3) is 0 Å². The van der Waals surface area contributed by atoms with E-state index in [0.717, 1.165) is 62.9 Å². The number of piperidine rings is 1. The predicted octanol–water partition coefficient (Wildman–Crippen LogP) is 2.77. The Kier molecular flexibility index (Phi) is 3.87. The van der Waals surface area contributed by atoms with Crippen molar-refractivity contribution in [3.8, 4) is 0 Å². The van der Waals surface area contributed by atoms with Crippen molar-refractivity contribution in [1.29, 1.82) is 0 Å². The number of amides is 2. The molecule has 1 aromatic rings. The summed E-state index contributed by atoms with van der Waals surface area (Å²) in [7, 11) is 0. The highest BCUT2D eigenvalue weighted by Gasteiger charge is 2.36. The van der Waals surface area contributed by atoms with Gasteiger partial charge in [-0.3, -0.25) is 9.59 Å². The molecule has 2 aliphatic heterocycles. The van der Waals surface area contributed by atoms with Gasteiger partial charge < -0.3 is 14.2 Å². The molecule has 3 heterocycles. The Labute approximate surface area is 136 Å². The van der Waals surface area contributed by atoms with Gasteiger partial charge in [0.05, 0.1) is 11.8 Å². The van der Waals surface area contributed by atoms with Crippen LogP contribution in [0.4, 0.5) is 0 Å². The number of nitrogens with zero attached hydrogens (tertiary/aromatic N) is 2. The third kappa shape index (κ3) is 2.89. The van der Waals surface area contributed by atoms with Crippen LogP contribution in [0.1, 0.15) is 67.0 Å². The molecule has 2 saturated heterocycles. The van der Waals surface area contributed by atoms with Gasteiger partial charge in [0.25, 0.3) is 5.91 Å². The highest BCUT2D eigenvalue weighted by Crippen LogP contribution is 2.42. The van der Waals surface area contributed by atoms with Crippen LogP contribution in [-0.2, 0) is 4.79 Å². The Hall–Kier alpha value is -1.78. The molecule has 124 valence electrons. The molecule has 5 nitrogen and oxygen atoms in total. The van der Waals surface area contributed by atoms with Gasteiger partial charge in [0, 0.05) is 38.0 Å². The SMILES string of the molecule is O=C1CCCN1CC1CCCCN1C(=O)c1ccoc1C1CC1. The molecule has 1 atom stereocenters. The first-order chi connectivity index (χ1) is 11.2. The molecule has 3 fully saturated rings. The number of carbonyl (C=O) groups is 2. The van der Waals surface area contributed by atoms with E-state index < -0.39 is 0 Å². The Morgan fingerprint density at radius 2 is 2.04 bits per heavy atom. The second-order valence-electron chi connectivity index (χ2n) is 7.06. The maximum atomic E-state index is 13.0. The fourth-order valence-corrected chi connectivity index (χ4v) is 3.92. The number of carbonyl (C=O) groups excluding carboxylic acids is 2. The Bertz CT molecular complexity index is 605. The van der Waals surface area contributed by atoms with E-state index in [0.29, 0.717) is 18.9 Å². The number of hydrogen-bond donors (Lipinski definition) is 0. The molecule has 5 heteroatoms. The summed E-state index contributed by atoms with van der Waals surface area (Å²) in [5, 5.41) is 0. The van der Waals surface area contributed by atoms with E-state index in [1.165, 1.54) is 0 Å². The van der Waals surface area contributed by atoms with E-state index in [4.69, 9.17) is 4.42 Å². The van der Waals surface area contributed by atoms with Gasteiger partial charge in [-0.05, 0) is 44.6 Å². The molecule has 0 aromatic carbocycles. The lowest BCUT2D eigenvalue weighted by Crippen LogP contribution is -2.49. The summed E-state index contributed by atoms with van der Waals surface area (Å²) in [4.78, 5) is 28.9. The second-order valence-corrected chi connectivity index (χ2v) is 7.06. The normalized spacial score (nSPS) is 25.2. The summed E-state index contributed by atoms with van der Waals surface area (Å²) in [5.74, 6) is 1.64. The van der Waals surface area contributed by atoms with Gasteiger partial charge in [0.2, 0.25) is 5.91 Å². The molecule has 0 bridgehead atoms. The van der Waals surface area contributed by atoms with Gasteiger partial charge in [-0.1, -0.05) is 0 Å². The molecule has 4 rings (SSSR count). The van der Waals surface area contributed by atoms with Crippen molar-refractivity contribution in [2.45, 2.75) is 56.9 Å². The van der Waals surface area contributed by atoms with Crippen LogP contribution >= 0.6 is 0 Å². The zero-order valence-electron chi connectivity index (χ0n) is 13.5. The lowest BCUT2D eigenvalue weighted by Gasteiger charge is -2.37. The van der Waals surface area contributed by atoms with Crippen molar-refractivity contribution in [1.82, 2.24) is 9.80 Å². The monoisotopic (exact) mass is 316 g/mol. The second kappa shape index (κ2) is 6.02. The summed E-state index contributed by atoms with van der Waals surface area (Å²) >= 11 is 0. The molecule has 0 radical (unpaired) electrons. The topological polar surface area (TPSA) is 53.8 Å². The molecule has 1 saturated carbocycles. The quantitative estimate of drug-likeness (QED) is 0.858. The summed E-state index contributed by atoms with van der Waals surface area (Å²) in [6.07, 6.45) is 8.68. The number of hydrogen-bond acceptors (Lipinski definition) is 3. The average molecular weight is 316 g/mol. The Morgan fingerprint density at radius 1 is 1.17 bits per heavy atom. The van der Waals surface area contributed by atoms with Crippen molar-refractivity contribution in [2.75, 3.05) is 19.6 Å². The first kappa shape index (κ1) is 14.8. The predicted molar refractivity (Wildman–Crippen MR) is 85.2 cm³/mol. The van der Waals surface area contributed by atoms with E-state index in [2.05, 4.69) is 0 Å². The van der Waals surface area contributed by atoms with Crippen molar-refractivity contribution in [3.63, 3.8) is 0 Å². The summed E-state index contributed by atoms with van der Waals surface area (Å²) < 4.78 is 5.57. The van der Waals surface area contributed by atoms with Crippen molar-refractivity contribution in [3.05, 3.63) is 23.7 Å². The molecule has 2 amide bonds. The van der Waals surface area contributed by atoms with Crippen molar-refractivity contribution in [2.24, 2.45) is 0 Å². The van der Waals surface area contributed by atoms with Gasteiger partial charge in [0.1, 0.15) is 5.76 Å². The van der Waals surface area contributed by atoms with E-state index in [1.54, 1.807) is 6.26 Å². The first-order valence-corrected chi connectivity index (χ1v) is 8.90. The average Bonchev–Trinajstić information content (AvgIpc) is 3.16. The van der Waals surface area contributed by atoms with E-state index in [9.17, 15) is 9.59 Å². The molecule has 3 aliphatic rings. The molecule has 1 unspecified atom stereocenters. The van der Waals surface area contributed by atoms with Gasteiger partial charge in [-0.25, -0.2) is 0 Å². The van der Waals surface area contributed by atoms with E-state index >= 15 is 0 Å². The number of rotatable bonds is 4. The minimum Gasteiger partial charge on any atom is -0.468 e. The third-order valence-electron chi connectivity index (χ3n) is 5.36. The molecular formula is C18H24N2O3. The number of furan rings is 1. The molecule has 0 N–H and O–H groups in total. The summed E-state index contributed by atoms with van der Waals surface area (Å²) in [6.45, 7) is 2.33. The minimum atomic E-state index is 0.0944. The lowest BCUT2D eigenvalue weighted by atomic mass is 10.00. The minimum absolute atomic E-state index is 0.0944. The zero-order chi connectivity index (χ0) is 15.8. The molecule has 1 aliphatic carbocycles. The van der Waals surface area contributed by atoms with Gasteiger partial charge in [-0.15, -0.1) is 0 Å². The Balaban J connectivity index is 1.51. The molecular weight excluding hydrogens is 292 g/mol. The van der Waals surface area contributed by atoms with Crippen LogP contribution in [0, 0.1) is 0 Å². The molecule has 23 heavy (non-hydrogen) atoms. The maximum absolute atomic E-state index is 13.0. The van der Waals surface area contributed by atoms with Gasteiger partial charge in [0.15, 0.2) is 0 Å². The van der Waals surface area contributed by atoms with Crippen LogP contribution < -0.4 is 0 Å². The van der Waals surface area contributed by atoms with Crippen LogP contribution in [0.2, 0.25) is 0 Å². The zero-order valence-corrected chi connectivity index (χ0v) is 13.5. The molecule has 0 spiro atoms. The van der Waals surface area contributed by atoms with E-state index in [1.807, 2.05) is 15.9 Å². The van der Waals surface area contributed by atoms with Crippen LogP contribution in [0.5, 0.6) is 0 Å². The fourth-order valence-electron chi connectivity index (χ4n) is 3.92. The first-order valence-electron chi connectivity index (χ1n) is 8.90. The largest absolute Gasteiger partial charge is 0.468 e. The highest BCUT2D eigenvalue weighted by molar-refractivity contribution is 5.95. The smallest absolute Gasteiger partial charge is 0.257 e. The summed E-state index contributed by atoms with van der Waals surface area (Å²) in [6, 6.07) is 1.98. The number of likely N-dealkylation sites (tertiary alicyclic amines) is 2. The standard InChI is InChI=1S/C18H24N2O3/c21-16-5-3-9-19(16)12-14-4-1-2-10-20(14)18(22)15-8-11-23-17(15)13-6-7-13/h8,11,13-14H,1-7,9-10,12H2. The van der Waals surface area contributed by atoms with Gasteiger partial charge >= 0.3 is 0 Å².